The molecule has 4 aromatic rings. The summed E-state index contributed by atoms with van der Waals surface area (Å²) in [6.45, 7) is 3.98. The Labute approximate surface area is 226 Å². The standard InChI is InChI=1S/C30H28FN3O4S/c1-2-34-29-12-11-23(39(36,37)33-13-15-38-16-14-33)18-25(29)26(30(34)35)17-22-20-32(28-10-6-4-8-24(22)28)19-21-7-3-5-9-27(21)31/h3-12,17-18,20H,2,13-16,19H2,1H3. The van der Waals surface area contributed by atoms with Gasteiger partial charge in [0.2, 0.25) is 10.0 Å². The lowest BCUT2D eigenvalue weighted by Gasteiger charge is -2.26. The summed E-state index contributed by atoms with van der Waals surface area (Å²) >= 11 is 0. The summed E-state index contributed by atoms with van der Waals surface area (Å²) in [6, 6.07) is 19.4. The van der Waals surface area contributed by atoms with Crippen molar-refractivity contribution in [3.8, 4) is 0 Å². The highest BCUT2D eigenvalue weighted by atomic mass is 32.2. The summed E-state index contributed by atoms with van der Waals surface area (Å²) in [5.74, 6) is -0.456. The Hall–Kier alpha value is -3.79. The first-order chi connectivity index (χ1) is 18.9. The molecule has 1 amide bonds. The molecule has 0 N–H and O–H groups in total. The summed E-state index contributed by atoms with van der Waals surface area (Å²) in [7, 11) is -3.73. The van der Waals surface area contributed by atoms with Crippen LogP contribution in [0.5, 0.6) is 0 Å². The van der Waals surface area contributed by atoms with Gasteiger partial charge in [0.05, 0.1) is 30.3 Å². The number of sulfonamides is 1. The molecule has 0 bridgehead atoms. The number of aromatic nitrogens is 1. The van der Waals surface area contributed by atoms with Crippen molar-refractivity contribution in [1.82, 2.24) is 8.87 Å². The zero-order chi connectivity index (χ0) is 27.1. The van der Waals surface area contributed by atoms with E-state index < -0.39 is 10.0 Å². The number of likely N-dealkylation sites (N-methyl/N-ethyl adjacent to an activating group) is 1. The fourth-order valence-electron chi connectivity index (χ4n) is 5.37. The molecule has 200 valence electrons. The number of hydrogen-bond acceptors (Lipinski definition) is 4. The first-order valence-corrected chi connectivity index (χ1v) is 14.4. The van der Waals surface area contributed by atoms with Crippen molar-refractivity contribution in [2.24, 2.45) is 0 Å². The minimum Gasteiger partial charge on any atom is -0.379 e. The number of nitrogens with zero attached hydrogens (tertiary/aromatic N) is 3. The highest BCUT2D eigenvalue weighted by Crippen LogP contribution is 2.40. The number of rotatable bonds is 6. The lowest BCUT2D eigenvalue weighted by atomic mass is 10.0. The van der Waals surface area contributed by atoms with Crippen molar-refractivity contribution in [3.63, 3.8) is 0 Å². The second-order valence-corrected chi connectivity index (χ2v) is 11.6. The van der Waals surface area contributed by atoms with Crippen LogP contribution in [0.15, 0.2) is 77.8 Å². The molecule has 2 aliphatic rings. The fraction of sp³-hybridized carbons (Fsp3) is 0.233. The van der Waals surface area contributed by atoms with Gasteiger partial charge in [-0.05, 0) is 43.3 Å². The minimum atomic E-state index is -3.73. The van der Waals surface area contributed by atoms with Crippen molar-refractivity contribution >= 4 is 44.2 Å². The molecule has 7 nitrogen and oxygen atoms in total. The molecule has 2 aliphatic heterocycles. The molecule has 3 aromatic carbocycles. The smallest absolute Gasteiger partial charge is 0.258 e. The third kappa shape index (κ3) is 4.46. The van der Waals surface area contributed by atoms with Crippen LogP contribution in [0.25, 0.3) is 22.6 Å². The van der Waals surface area contributed by atoms with Crippen LogP contribution in [-0.2, 0) is 26.1 Å². The van der Waals surface area contributed by atoms with Gasteiger partial charge in [-0.2, -0.15) is 4.31 Å². The molecule has 0 radical (unpaired) electrons. The summed E-state index contributed by atoms with van der Waals surface area (Å²) in [6.07, 6.45) is 3.74. The van der Waals surface area contributed by atoms with Crippen LogP contribution in [0.2, 0.25) is 0 Å². The first-order valence-electron chi connectivity index (χ1n) is 13.0. The van der Waals surface area contributed by atoms with Gasteiger partial charge in [0, 0.05) is 59.0 Å². The average Bonchev–Trinajstić information content (AvgIpc) is 3.44. The molecule has 0 unspecified atom stereocenters. The van der Waals surface area contributed by atoms with Crippen LogP contribution in [0.1, 0.15) is 23.6 Å². The molecule has 1 aromatic heterocycles. The Balaban J connectivity index is 1.46. The second-order valence-electron chi connectivity index (χ2n) is 9.62. The Morgan fingerprint density at radius 3 is 2.51 bits per heavy atom. The molecule has 9 heteroatoms. The van der Waals surface area contributed by atoms with Crippen LogP contribution in [-0.4, -0.2) is 56.0 Å². The molecular weight excluding hydrogens is 517 g/mol. The summed E-state index contributed by atoms with van der Waals surface area (Å²) in [5, 5.41) is 0.919. The van der Waals surface area contributed by atoms with E-state index in [2.05, 4.69) is 0 Å². The van der Waals surface area contributed by atoms with Gasteiger partial charge in [-0.25, -0.2) is 12.8 Å². The van der Waals surface area contributed by atoms with E-state index in [0.717, 1.165) is 16.5 Å². The van der Waals surface area contributed by atoms with Gasteiger partial charge in [0.25, 0.3) is 5.91 Å². The number of benzene rings is 3. The summed E-state index contributed by atoms with van der Waals surface area (Å²) in [5.41, 5.74) is 3.98. The van der Waals surface area contributed by atoms with Gasteiger partial charge in [-0.3, -0.25) is 4.79 Å². The topological polar surface area (TPSA) is 71.9 Å². The molecule has 0 saturated carbocycles. The van der Waals surface area contributed by atoms with Crippen LogP contribution in [0.4, 0.5) is 10.1 Å². The number of hydrogen-bond donors (Lipinski definition) is 0. The third-order valence-electron chi connectivity index (χ3n) is 7.37. The maximum atomic E-state index is 14.4. The van der Waals surface area contributed by atoms with Gasteiger partial charge in [0.15, 0.2) is 0 Å². The molecule has 6 rings (SSSR count). The van der Waals surface area contributed by atoms with Crippen molar-refractivity contribution in [3.05, 3.63) is 95.4 Å². The van der Waals surface area contributed by atoms with Gasteiger partial charge in [0.1, 0.15) is 5.82 Å². The van der Waals surface area contributed by atoms with E-state index in [9.17, 15) is 17.6 Å². The minimum absolute atomic E-state index is 0.154. The highest BCUT2D eigenvalue weighted by Gasteiger charge is 2.34. The molecular formula is C30H28FN3O4S. The normalized spacial score (nSPS) is 17.3. The molecule has 0 aliphatic carbocycles. The zero-order valence-corrected chi connectivity index (χ0v) is 22.3. The number of carbonyl (C=O) groups excluding carboxylic acids is 1. The van der Waals surface area contributed by atoms with E-state index in [1.165, 1.54) is 10.4 Å². The summed E-state index contributed by atoms with van der Waals surface area (Å²) < 4.78 is 49.9. The van der Waals surface area contributed by atoms with Crippen LogP contribution in [0.3, 0.4) is 0 Å². The third-order valence-corrected chi connectivity index (χ3v) is 9.26. The SMILES string of the molecule is CCN1C(=O)C(=Cc2cn(Cc3ccccc3F)c3ccccc23)c2cc(S(=O)(=O)N3CCOCC3)ccc21. The number of carbonyl (C=O) groups is 1. The van der Waals surface area contributed by atoms with Crippen molar-refractivity contribution in [1.29, 1.82) is 0 Å². The molecule has 0 atom stereocenters. The number of morpholine rings is 1. The predicted octanol–water partition coefficient (Wildman–Crippen LogP) is 4.76. The Morgan fingerprint density at radius 2 is 1.74 bits per heavy atom. The predicted molar refractivity (Wildman–Crippen MR) is 149 cm³/mol. The quantitative estimate of drug-likeness (QED) is 0.328. The number of ether oxygens (including phenoxy) is 1. The Bertz CT molecular complexity index is 1720. The van der Waals surface area contributed by atoms with Gasteiger partial charge in [-0.1, -0.05) is 36.4 Å². The van der Waals surface area contributed by atoms with Gasteiger partial charge < -0.3 is 14.2 Å². The largest absolute Gasteiger partial charge is 0.379 e. The monoisotopic (exact) mass is 545 g/mol. The first kappa shape index (κ1) is 25.5. The molecule has 3 heterocycles. The molecule has 39 heavy (non-hydrogen) atoms. The van der Waals surface area contributed by atoms with E-state index in [1.54, 1.807) is 35.2 Å². The van der Waals surface area contributed by atoms with Crippen molar-refractivity contribution in [2.75, 3.05) is 37.7 Å². The van der Waals surface area contributed by atoms with Crippen LogP contribution >= 0.6 is 0 Å². The average molecular weight is 546 g/mol. The number of anilines is 1. The lowest BCUT2D eigenvalue weighted by Crippen LogP contribution is -2.40. The maximum absolute atomic E-state index is 14.4. The van der Waals surface area contributed by atoms with Crippen LogP contribution in [0, 0.1) is 5.82 Å². The maximum Gasteiger partial charge on any atom is 0.258 e. The van der Waals surface area contributed by atoms with Crippen molar-refractivity contribution < 1.29 is 22.3 Å². The van der Waals surface area contributed by atoms with Gasteiger partial charge >= 0.3 is 0 Å². The summed E-state index contributed by atoms with van der Waals surface area (Å²) in [4.78, 5) is 15.4. The van der Waals surface area contributed by atoms with E-state index in [-0.39, 0.29) is 16.6 Å². The molecule has 0 spiro atoms. The lowest BCUT2D eigenvalue weighted by molar-refractivity contribution is -0.112. The Kier molecular flexibility index (Phi) is 6.58. The van der Waals surface area contributed by atoms with E-state index in [1.807, 2.05) is 54.1 Å². The second kappa shape index (κ2) is 10.1. The van der Waals surface area contributed by atoms with Crippen LogP contribution < -0.4 is 4.90 Å². The number of fused-ring (bicyclic) bond motifs is 2. The highest BCUT2D eigenvalue weighted by molar-refractivity contribution is 7.89. The number of halogens is 1. The van der Waals surface area contributed by atoms with E-state index in [0.29, 0.717) is 61.8 Å². The van der Waals surface area contributed by atoms with E-state index in [4.69, 9.17) is 4.74 Å². The van der Waals surface area contributed by atoms with Crippen molar-refractivity contribution in [2.45, 2.75) is 18.4 Å². The number of para-hydroxylation sites is 1. The molecule has 1 fully saturated rings. The van der Waals surface area contributed by atoms with E-state index >= 15 is 0 Å². The zero-order valence-electron chi connectivity index (χ0n) is 21.5. The molecule has 1 saturated heterocycles. The Morgan fingerprint density at radius 1 is 1.00 bits per heavy atom. The van der Waals surface area contributed by atoms with Gasteiger partial charge in [-0.15, -0.1) is 0 Å². The number of amides is 1. The fourth-order valence-corrected chi connectivity index (χ4v) is 6.81.